The first-order valence-corrected chi connectivity index (χ1v) is 7.44. The van der Waals surface area contributed by atoms with Gasteiger partial charge in [-0.15, -0.1) is 0 Å². The van der Waals surface area contributed by atoms with Crippen LogP contribution in [0.2, 0.25) is 0 Å². The lowest BCUT2D eigenvalue weighted by Crippen LogP contribution is -2.17. The minimum absolute atomic E-state index is 0.787. The Morgan fingerprint density at radius 3 is 2.68 bits per heavy atom. The summed E-state index contributed by atoms with van der Waals surface area (Å²) in [5.74, 6) is 1.89. The largest absolute Gasteiger partial charge is 0.460 e. The van der Waals surface area contributed by atoms with Crippen molar-refractivity contribution in [3.8, 4) is 17.5 Å². The molecule has 1 aromatic heterocycles. The van der Waals surface area contributed by atoms with Gasteiger partial charge in [-0.05, 0) is 62.3 Å². The molecule has 2 aromatic rings. The molecule has 5 heteroatoms. The first kappa shape index (κ1) is 14.4. The van der Waals surface area contributed by atoms with Gasteiger partial charge in [0.25, 0.3) is 0 Å². The van der Waals surface area contributed by atoms with Crippen LogP contribution in [0.15, 0.2) is 45.8 Å². The summed E-state index contributed by atoms with van der Waals surface area (Å²) >= 11 is 0. The molecule has 22 heavy (non-hydrogen) atoms. The summed E-state index contributed by atoms with van der Waals surface area (Å²) in [5, 5.41) is 10.7. The van der Waals surface area contributed by atoms with Gasteiger partial charge in [-0.2, -0.15) is 5.26 Å². The molecule has 1 aliphatic heterocycles. The maximum absolute atomic E-state index is 8.37. The quantitative estimate of drug-likeness (QED) is 0.398. The van der Waals surface area contributed by atoms with Crippen LogP contribution >= 0.6 is 0 Å². The number of furan rings is 1. The fraction of sp³-hybridized carbons (Fsp3) is 0.294. The molecule has 0 saturated carbocycles. The van der Waals surface area contributed by atoms with Gasteiger partial charge in [-0.3, -0.25) is 10.2 Å². The predicted molar refractivity (Wildman–Crippen MR) is 85.6 cm³/mol. The van der Waals surface area contributed by atoms with Crippen LogP contribution < -0.4 is 5.32 Å². The molecule has 0 radical (unpaired) electrons. The highest BCUT2D eigenvalue weighted by molar-refractivity contribution is 5.65. The van der Waals surface area contributed by atoms with E-state index in [1.165, 1.54) is 32.3 Å². The zero-order valence-corrected chi connectivity index (χ0v) is 12.3. The van der Waals surface area contributed by atoms with Crippen LogP contribution in [-0.4, -0.2) is 24.3 Å². The van der Waals surface area contributed by atoms with E-state index >= 15 is 0 Å². The van der Waals surface area contributed by atoms with E-state index in [0.717, 1.165) is 29.3 Å². The molecule has 0 bridgehead atoms. The van der Waals surface area contributed by atoms with Crippen molar-refractivity contribution >= 4 is 12.0 Å². The van der Waals surface area contributed by atoms with Crippen molar-refractivity contribution in [3.63, 3.8) is 0 Å². The van der Waals surface area contributed by atoms with E-state index in [-0.39, 0.29) is 0 Å². The van der Waals surface area contributed by atoms with Crippen LogP contribution in [0, 0.1) is 11.5 Å². The molecule has 0 spiro atoms. The van der Waals surface area contributed by atoms with Crippen molar-refractivity contribution in [1.29, 1.82) is 5.26 Å². The van der Waals surface area contributed by atoms with Crippen LogP contribution in [0.4, 0.5) is 5.69 Å². The van der Waals surface area contributed by atoms with Crippen LogP contribution in [-0.2, 0) is 6.54 Å². The maximum Gasteiger partial charge on any atom is 0.182 e. The fourth-order valence-corrected chi connectivity index (χ4v) is 2.63. The lowest BCUT2D eigenvalue weighted by atomic mass is 10.1. The molecule has 1 saturated heterocycles. The number of likely N-dealkylation sites (tertiary alicyclic amines) is 1. The van der Waals surface area contributed by atoms with Gasteiger partial charge in [0.05, 0.1) is 12.2 Å². The third-order valence-corrected chi connectivity index (χ3v) is 3.73. The van der Waals surface area contributed by atoms with Crippen molar-refractivity contribution < 1.29 is 4.42 Å². The zero-order valence-electron chi connectivity index (χ0n) is 12.3. The molecular formula is C17H18N4O. The Morgan fingerprint density at radius 1 is 1.18 bits per heavy atom. The zero-order chi connectivity index (χ0) is 15.2. The van der Waals surface area contributed by atoms with E-state index in [2.05, 4.69) is 21.3 Å². The summed E-state index contributed by atoms with van der Waals surface area (Å²) in [4.78, 5) is 6.53. The summed E-state index contributed by atoms with van der Waals surface area (Å²) in [6.45, 7) is 3.22. The molecule has 0 atom stereocenters. The number of hydrogen-bond donors (Lipinski definition) is 1. The molecule has 1 fully saturated rings. The highest BCUT2D eigenvalue weighted by atomic mass is 16.3. The lowest BCUT2D eigenvalue weighted by Gasteiger charge is -2.11. The molecular weight excluding hydrogens is 276 g/mol. The predicted octanol–water partition coefficient (Wildman–Crippen LogP) is 3.27. The number of nitrogens with zero attached hydrogens (tertiary/aromatic N) is 3. The summed E-state index contributed by atoms with van der Waals surface area (Å²) in [5.41, 5.74) is 1.82. The van der Waals surface area contributed by atoms with Crippen molar-refractivity contribution in [3.05, 3.63) is 42.2 Å². The highest BCUT2D eigenvalue weighted by Crippen LogP contribution is 2.25. The SMILES string of the molecule is N#CNC=Nc1ccc(-c2ccc(CN3CCCC3)o2)cc1. The highest BCUT2D eigenvalue weighted by Gasteiger charge is 2.14. The fourth-order valence-electron chi connectivity index (χ4n) is 2.63. The van der Waals surface area contributed by atoms with Crippen molar-refractivity contribution in [2.75, 3.05) is 13.1 Å². The second-order valence-electron chi connectivity index (χ2n) is 5.31. The molecule has 2 heterocycles. The van der Waals surface area contributed by atoms with Gasteiger partial charge in [-0.1, -0.05) is 0 Å². The summed E-state index contributed by atoms with van der Waals surface area (Å²) in [7, 11) is 0. The summed E-state index contributed by atoms with van der Waals surface area (Å²) < 4.78 is 5.93. The van der Waals surface area contributed by atoms with Gasteiger partial charge < -0.3 is 4.42 Å². The number of aliphatic imine (C=N–C) groups is 1. The van der Waals surface area contributed by atoms with Crippen molar-refractivity contribution in [1.82, 2.24) is 10.2 Å². The second kappa shape index (κ2) is 6.92. The monoisotopic (exact) mass is 294 g/mol. The minimum Gasteiger partial charge on any atom is -0.460 e. The lowest BCUT2D eigenvalue weighted by molar-refractivity contribution is 0.299. The molecule has 1 aromatic carbocycles. The van der Waals surface area contributed by atoms with E-state index in [0.29, 0.717) is 0 Å². The van der Waals surface area contributed by atoms with Crippen LogP contribution in [0.3, 0.4) is 0 Å². The first-order chi connectivity index (χ1) is 10.8. The van der Waals surface area contributed by atoms with Gasteiger partial charge in [0.1, 0.15) is 17.9 Å². The second-order valence-corrected chi connectivity index (χ2v) is 5.31. The Balaban J connectivity index is 1.66. The molecule has 0 amide bonds. The molecule has 1 aliphatic rings. The van der Waals surface area contributed by atoms with Crippen LogP contribution in [0.25, 0.3) is 11.3 Å². The Kier molecular flexibility index (Phi) is 4.52. The topological polar surface area (TPSA) is 64.6 Å². The smallest absolute Gasteiger partial charge is 0.182 e. The molecule has 112 valence electrons. The van der Waals surface area contributed by atoms with E-state index < -0.39 is 0 Å². The Bertz CT molecular complexity index is 675. The summed E-state index contributed by atoms with van der Waals surface area (Å²) in [6, 6.07) is 11.8. The molecule has 1 N–H and O–H groups in total. The third-order valence-electron chi connectivity index (χ3n) is 3.73. The standard InChI is InChI=1S/C17H18N4O/c18-12-19-13-20-15-5-3-14(4-6-15)17-8-7-16(22-17)11-21-9-1-2-10-21/h3-8,13H,1-2,9-11H2,(H,19,20). The maximum atomic E-state index is 8.37. The van der Waals surface area contributed by atoms with Gasteiger partial charge in [0.2, 0.25) is 0 Å². The average Bonchev–Trinajstić information content (AvgIpc) is 3.21. The average molecular weight is 294 g/mol. The molecule has 0 aliphatic carbocycles. The molecule has 0 unspecified atom stereocenters. The van der Waals surface area contributed by atoms with Crippen molar-refractivity contribution in [2.45, 2.75) is 19.4 Å². The normalized spacial score (nSPS) is 15.2. The van der Waals surface area contributed by atoms with E-state index in [1.807, 2.05) is 30.3 Å². The number of nitrogens with one attached hydrogen (secondary N) is 1. The van der Waals surface area contributed by atoms with Gasteiger partial charge in [0, 0.05) is 5.56 Å². The van der Waals surface area contributed by atoms with Gasteiger partial charge in [0.15, 0.2) is 6.19 Å². The third kappa shape index (κ3) is 3.54. The molecule has 5 nitrogen and oxygen atoms in total. The Morgan fingerprint density at radius 2 is 1.95 bits per heavy atom. The first-order valence-electron chi connectivity index (χ1n) is 7.44. The summed E-state index contributed by atoms with van der Waals surface area (Å²) in [6.07, 6.45) is 5.74. The van der Waals surface area contributed by atoms with E-state index in [9.17, 15) is 0 Å². The number of nitriles is 1. The van der Waals surface area contributed by atoms with Crippen molar-refractivity contribution in [2.24, 2.45) is 4.99 Å². The van der Waals surface area contributed by atoms with Crippen LogP contribution in [0.1, 0.15) is 18.6 Å². The van der Waals surface area contributed by atoms with E-state index in [4.69, 9.17) is 9.68 Å². The van der Waals surface area contributed by atoms with E-state index in [1.54, 1.807) is 6.19 Å². The molecule has 3 rings (SSSR count). The van der Waals surface area contributed by atoms with Crippen LogP contribution in [0.5, 0.6) is 0 Å². The number of rotatable bonds is 5. The Labute approximate surface area is 129 Å². The number of hydrogen-bond acceptors (Lipinski definition) is 4. The van der Waals surface area contributed by atoms with Gasteiger partial charge in [-0.25, -0.2) is 4.99 Å². The number of benzene rings is 1. The Hall–Kier alpha value is -2.58. The minimum atomic E-state index is 0.787. The van der Waals surface area contributed by atoms with Gasteiger partial charge >= 0.3 is 0 Å².